The van der Waals surface area contributed by atoms with E-state index in [0.29, 0.717) is 58.8 Å². The molecule has 0 spiro atoms. The lowest BCUT2D eigenvalue weighted by Crippen LogP contribution is -2.46. The lowest BCUT2D eigenvalue weighted by atomic mass is 10.1. The third-order valence-corrected chi connectivity index (χ3v) is 8.24. The van der Waals surface area contributed by atoms with E-state index in [1.165, 1.54) is 5.56 Å². The molecule has 314 valence electrons. The lowest BCUT2D eigenvalue weighted by molar-refractivity contribution is -0.134. The maximum Gasteiger partial charge on any atom is 0.328 e. The first-order valence-corrected chi connectivity index (χ1v) is 17.7. The summed E-state index contributed by atoms with van der Waals surface area (Å²) in [5.74, 6) is -1.28. The molecule has 1 aliphatic rings. The molecule has 1 fully saturated rings. The van der Waals surface area contributed by atoms with Crippen LogP contribution in [-0.4, -0.2) is 134 Å². The summed E-state index contributed by atoms with van der Waals surface area (Å²) >= 11 is 0. The summed E-state index contributed by atoms with van der Waals surface area (Å²) in [7, 11) is 9.74. The Morgan fingerprint density at radius 3 is 1.47 bits per heavy atom. The zero-order valence-corrected chi connectivity index (χ0v) is 33.4. The molecule has 1 aromatic heterocycles. The second-order valence-electron chi connectivity index (χ2n) is 12.1. The Morgan fingerprint density at radius 2 is 1.05 bits per heavy atom. The fourth-order valence-electron chi connectivity index (χ4n) is 5.52. The summed E-state index contributed by atoms with van der Waals surface area (Å²) in [6, 6.07) is 12.0. The van der Waals surface area contributed by atoms with Crippen molar-refractivity contribution in [3.63, 3.8) is 0 Å². The Bertz CT molecular complexity index is 1790. The van der Waals surface area contributed by atoms with Crippen molar-refractivity contribution in [1.82, 2.24) is 14.8 Å². The van der Waals surface area contributed by atoms with Crippen LogP contribution >= 0.6 is 0 Å². The minimum atomic E-state index is -1.26. The van der Waals surface area contributed by atoms with Gasteiger partial charge in [-0.05, 0) is 66.9 Å². The van der Waals surface area contributed by atoms with Crippen molar-refractivity contribution in [3.05, 3.63) is 84.1 Å². The quantitative estimate of drug-likeness (QED) is 0.0997. The standard InChI is InChI=1S/C33H43N3O6.2C4H4O4/c1-37-28-19-24(20-29(38-2)32(28)41-5)10-8-7-9-13-35-14-16-36(17-15-35)23-25-11-12-34-27(18-25)26-21-30(39-3)33(42-6)31(22-26)40-4;2*5-3(6)1-2-4(7)8/h8,10-12,18-22H,7,9,13-17,23H2,1-6H3;2*1-2H,(H,5,6)(H,7,8). The first-order chi connectivity index (χ1) is 27.8. The van der Waals surface area contributed by atoms with Crippen LogP contribution in [0.5, 0.6) is 34.5 Å². The first kappa shape index (κ1) is 47.6. The second kappa shape index (κ2) is 25.5. The van der Waals surface area contributed by atoms with Gasteiger partial charge in [-0.1, -0.05) is 12.2 Å². The van der Waals surface area contributed by atoms with Crippen LogP contribution < -0.4 is 28.4 Å². The Kier molecular flexibility index (Phi) is 20.9. The number of carboxylic acid groups (broad SMARTS) is 4. The van der Waals surface area contributed by atoms with Crippen molar-refractivity contribution in [2.24, 2.45) is 0 Å². The van der Waals surface area contributed by atoms with Gasteiger partial charge >= 0.3 is 23.9 Å². The van der Waals surface area contributed by atoms with Crippen molar-refractivity contribution in [2.75, 3.05) is 75.4 Å². The van der Waals surface area contributed by atoms with E-state index in [0.717, 1.165) is 68.9 Å². The number of ether oxygens (including phenoxy) is 6. The molecular formula is C41H51N3O14. The van der Waals surface area contributed by atoms with Crippen molar-refractivity contribution in [1.29, 1.82) is 0 Å². The number of pyridine rings is 1. The highest BCUT2D eigenvalue weighted by Crippen LogP contribution is 2.41. The minimum absolute atomic E-state index is 0.558. The number of benzene rings is 2. The normalized spacial score (nSPS) is 12.9. The van der Waals surface area contributed by atoms with Crippen LogP contribution in [0.2, 0.25) is 0 Å². The largest absolute Gasteiger partial charge is 0.493 e. The SMILES string of the molecule is COc1cc(C=CCCCN2CCN(Cc3ccnc(-c4cc(OC)c(OC)c(OC)c4)c3)CC2)cc(OC)c1OC.O=C(O)C=CC(=O)O.O=C(O)C=CC(=O)O. The molecule has 0 amide bonds. The molecule has 17 nitrogen and oxygen atoms in total. The highest BCUT2D eigenvalue weighted by molar-refractivity contribution is 5.90. The maximum absolute atomic E-state index is 9.55. The van der Waals surface area contributed by atoms with Crippen LogP contribution in [0.15, 0.2) is 73.0 Å². The van der Waals surface area contributed by atoms with Gasteiger partial charge in [0.25, 0.3) is 0 Å². The van der Waals surface area contributed by atoms with Crippen LogP contribution in [-0.2, 0) is 25.7 Å². The van der Waals surface area contributed by atoms with Gasteiger partial charge in [-0.2, -0.15) is 0 Å². The van der Waals surface area contributed by atoms with E-state index in [1.807, 2.05) is 30.5 Å². The highest BCUT2D eigenvalue weighted by atomic mass is 16.5. The van der Waals surface area contributed by atoms with Crippen molar-refractivity contribution >= 4 is 30.0 Å². The van der Waals surface area contributed by atoms with E-state index >= 15 is 0 Å². The van der Waals surface area contributed by atoms with Crippen molar-refractivity contribution in [2.45, 2.75) is 19.4 Å². The summed E-state index contributed by atoms with van der Waals surface area (Å²) in [5, 5.41) is 31.2. The summed E-state index contributed by atoms with van der Waals surface area (Å²) in [5.41, 5.74) is 4.07. The number of rotatable bonds is 18. The van der Waals surface area contributed by atoms with E-state index < -0.39 is 23.9 Å². The van der Waals surface area contributed by atoms with E-state index in [-0.39, 0.29) is 0 Å². The molecule has 0 unspecified atom stereocenters. The van der Waals surface area contributed by atoms with Gasteiger partial charge in [0, 0.05) is 68.8 Å². The fourth-order valence-corrected chi connectivity index (χ4v) is 5.52. The molecule has 0 radical (unpaired) electrons. The van der Waals surface area contributed by atoms with E-state index in [4.69, 9.17) is 48.8 Å². The van der Waals surface area contributed by atoms with Gasteiger partial charge in [-0.15, -0.1) is 0 Å². The zero-order chi connectivity index (χ0) is 43.0. The summed E-state index contributed by atoms with van der Waals surface area (Å²) in [6.07, 6.45) is 10.6. The number of carbonyl (C=O) groups is 4. The molecule has 17 heteroatoms. The Balaban J connectivity index is 0.000000608. The summed E-state index contributed by atoms with van der Waals surface area (Å²) < 4.78 is 32.8. The van der Waals surface area contributed by atoms with Gasteiger partial charge in [0.2, 0.25) is 11.5 Å². The third-order valence-electron chi connectivity index (χ3n) is 8.24. The Hall–Kier alpha value is -6.59. The maximum atomic E-state index is 9.55. The molecule has 4 N–H and O–H groups in total. The van der Waals surface area contributed by atoms with Gasteiger partial charge in [0.1, 0.15) is 0 Å². The lowest BCUT2D eigenvalue weighted by Gasteiger charge is -2.34. The number of allylic oxidation sites excluding steroid dienone is 1. The smallest absolute Gasteiger partial charge is 0.328 e. The molecule has 1 aliphatic heterocycles. The molecule has 0 atom stereocenters. The highest BCUT2D eigenvalue weighted by Gasteiger charge is 2.18. The average molecular weight is 810 g/mol. The third kappa shape index (κ3) is 16.6. The Morgan fingerprint density at radius 1 is 0.621 bits per heavy atom. The van der Waals surface area contributed by atoms with Gasteiger partial charge < -0.3 is 53.7 Å². The molecule has 0 aliphatic carbocycles. The number of hydrogen-bond acceptors (Lipinski definition) is 13. The summed E-state index contributed by atoms with van der Waals surface area (Å²) in [4.78, 5) is 47.9. The monoisotopic (exact) mass is 809 g/mol. The average Bonchev–Trinajstić information content (AvgIpc) is 3.22. The number of nitrogens with zero attached hydrogens (tertiary/aromatic N) is 3. The van der Waals surface area contributed by atoms with Crippen LogP contribution in [0.25, 0.3) is 17.3 Å². The van der Waals surface area contributed by atoms with Crippen LogP contribution in [0.4, 0.5) is 0 Å². The second-order valence-corrected chi connectivity index (χ2v) is 12.1. The van der Waals surface area contributed by atoms with Crippen LogP contribution in [0, 0.1) is 0 Å². The van der Waals surface area contributed by atoms with Gasteiger partial charge in [0.05, 0.1) is 48.4 Å². The minimum Gasteiger partial charge on any atom is -0.493 e. The molecule has 1 saturated heterocycles. The number of aliphatic carboxylic acids is 4. The predicted octanol–water partition coefficient (Wildman–Crippen LogP) is 4.84. The van der Waals surface area contributed by atoms with Crippen LogP contribution in [0.3, 0.4) is 0 Å². The first-order valence-electron chi connectivity index (χ1n) is 17.7. The molecule has 4 rings (SSSR count). The van der Waals surface area contributed by atoms with Gasteiger partial charge in [0.15, 0.2) is 23.0 Å². The summed E-state index contributed by atoms with van der Waals surface area (Å²) in [6.45, 7) is 6.22. The zero-order valence-electron chi connectivity index (χ0n) is 33.4. The van der Waals surface area contributed by atoms with E-state index in [1.54, 1.807) is 42.7 Å². The number of piperazine rings is 1. The van der Waals surface area contributed by atoms with Gasteiger partial charge in [-0.3, -0.25) is 9.88 Å². The molecule has 58 heavy (non-hydrogen) atoms. The molecule has 2 aromatic carbocycles. The predicted molar refractivity (Wildman–Crippen MR) is 214 cm³/mol. The number of methoxy groups -OCH3 is 6. The molecule has 3 aromatic rings. The molecule has 2 heterocycles. The number of unbranched alkanes of at least 4 members (excludes halogenated alkanes) is 1. The topological polar surface area (TPSA) is 224 Å². The van der Waals surface area contributed by atoms with E-state index in [2.05, 4.69) is 39.1 Å². The van der Waals surface area contributed by atoms with Crippen LogP contribution in [0.1, 0.15) is 24.0 Å². The van der Waals surface area contributed by atoms with Gasteiger partial charge in [-0.25, -0.2) is 19.2 Å². The van der Waals surface area contributed by atoms with E-state index in [9.17, 15) is 19.2 Å². The molecule has 0 saturated carbocycles. The number of carboxylic acids is 4. The number of aromatic nitrogens is 1. The molecular weight excluding hydrogens is 758 g/mol. The van der Waals surface area contributed by atoms with Crippen molar-refractivity contribution < 1.29 is 68.0 Å². The number of hydrogen-bond donors (Lipinski definition) is 4. The fraction of sp³-hybridized carbons (Fsp3) is 0.341. The molecule has 0 bridgehead atoms. The van der Waals surface area contributed by atoms with Crippen molar-refractivity contribution in [3.8, 4) is 45.8 Å². The Labute approximate surface area is 336 Å².